The first kappa shape index (κ1) is 19.1. The van der Waals surface area contributed by atoms with Crippen LogP contribution in [0.1, 0.15) is 23.8 Å². The molecule has 3 rings (SSSR count). The molecule has 8 nitrogen and oxygen atoms in total. The van der Waals surface area contributed by atoms with Crippen LogP contribution in [0, 0.1) is 6.92 Å². The van der Waals surface area contributed by atoms with E-state index in [2.05, 4.69) is 32.8 Å². The van der Waals surface area contributed by atoms with Crippen LogP contribution in [0.5, 0.6) is 0 Å². The van der Waals surface area contributed by atoms with Gasteiger partial charge in [0.2, 0.25) is 0 Å². The van der Waals surface area contributed by atoms with Gasteiger partial charge in [0.25, 0.3) is 0 Å². The molecule has 2 aromatic rings. The molecule has 0 radical (unpaired) electrons. The van der Waals surface area contributed by atoms with Crippen LogP contribution in [0.2, 0.25) is 0 Å². The molecule has 2 N–H and O–H groups in total. The summed E-state index contributed by atoms with van der Waals surface area (Å²) in [6, 6.07) is 11.7. The van der Waals surface area contributed by atoms with Crippen LogP contribution in [0.25, 0.3) is 0 Å². The first-order chi connectivity index (χ1) is 13.1. The summed E-state index contributed by atoms with van der Waals surface area (Å²) in [4.78, 5) is 25.9. The summed E-state index contributed by atoms with van der Waals surface area (Å²) in [5.41, 5.74) is 1.18. The first-order valence-electron chi connectivity index (χ1n) is 9.03. The molecule has 27 heavy (non-hydrogen) atoms. The van der Waals surface area contributed by atoms with Crippen molar-refractivity contribution in [1.29, 1.82) is 0 Å². The Morgan fingerprint density at radius 2 is 2.07 bits per heavy atom. The Morgan fingerprint density at radius 1 is 1.26 bits per heavy atom. The van der Waals surface area contributed by atoms with Gasteiger partial charge in [-0.05, 0) is 18.9 Å². The fourth-order valence-electron chi connectivity index (χ4n) is 2.96. The molecule has 2 amide bonds. The standard InChI is InChI=1S/C19H24N4O4/c1-14-12-17(22-27-14)21-19(25)18(24)20-8-5-9-23-10-11-26-16(13-23)15-6-3-2-4-7-15/h2-4,6-7,12,16H,5,8-11,13H2,1H3,(H,20,24)(H,21,22,25)/t16-/m0/s1. The number of anilines is 1. The average Bonchev–Trinajstić information content (AvgIpc) is 3.10. The van der Waals surface area contributed by atoms with E-state index in [0.29, 0.717) is 18.9 Å². The highest BCUT2D eigenvalue weighted by Gasteiger charge is 2.21. The van der Waals surface area contributed by atoms with Crippen LogP contribution < -0.4 is 10.6 Å². The summed E-state index contributed by atoms with van der Waals surface area (Å²) in [7, 11) is 0. The number of ether oxygens (including phenoxy) is 1. The van der Waals surface area contributed by atoms with E-state index in [-0.39, 0.29) is 11.9 Å². The molecule has 0 spiro atoms. The number of aryl methyl sites for hydroxylation is 1. The minimum absolute atomic E-state index is 0.0752. The number of amides is 2. The third kappa shape index (κ3) is 5.63. The van der Waals surface area contributed by atoms with Gasteiger partial charge in [0.15, 0.2) is 5.82 Å². The lowest BCUT2D eigenvalue weighted by Crippen LogP contribution is -2.41. The van der Waals surface area contributed by atoms with Gasteiger partial charge in [-0.15, -0.1) is 0 Å². The van der Waals surface area contributed by atoms with Gasteiger partial charge in [-0.1, -0.05) is 35.5 Å². The Hall–Kier alpha value is -2.71. The molecule has 0 bridgehead atoms. The molecule has 1 saturated heterocycles. The topological polar surface area (TPSA) is 96.7 Å². The highest BCUT2D eigenvalue weighted by molar-refractivity contribution is 6.39. The SMILES string of the molecule is Cc1cc(NC(=O)C(=O)NCCCN2CCO[C@H](c3ccccc3)C2)no1. The van der Waals surface area contributed by atoms with Crippen LogP contribution in [0.3, 0.4) is 0 Å². The summed E-state index contributed by atoms with van der Waals surface area (Å²) < 4.78 is 10.7. The van der Waals surface area contributed by atoms with E-state index >= 15 is 0 Å². The number of nitrogens with one attached hydrogen (secondary N) is 2. The molecule has 1 aliphatic heterocycles. The smallest absolute Gasteiger partial charge is 0.314 e. The normalized spacial score (nSPS) is 17.4. The highest BCUT2D eigenvalue weighted by atomic mass is 16.5. The van der Waals surface area contributed by atoms with Crippen LogP contribution in [-0.4, -0.2) is 54.7 Å². The van der Waals surface area contributed by atoms with Crippen LogP contribution in [0.15, 0.2) is 40.9 Å². The zero-order valence-electron chi connectivity index (χ0n) is 15.3. The van der Waals surface area contributed by atoms with Crippen LogP contribution in [-0.2, 0) is 14.3 Å². The first-order valence-corrected chi connectivity index (χ1v) is 9.03. The fraction of sp³-hybridized carbons (Fsp3) is 0.421. The third-order valence-electron chi connectivity index (χ3n) is 4.33. The van der Waals surface area contributed by atoms with Gasteiger partial charge in [0.1, 0.15) is 5.76 Å². The molecule has 0 aliphatic carbocycles. The highest BCUT2D eigenvalue weighted by Crippen LogP contribution is 2.21. The second-order valence-corrected chi connectivity index (χ2v) is 6.46. The maximum absolute atomic E-state index is 11.8. The number of aromatic nitrogens is 1. The minimum atomic E-state index is -0.751. The lowest BCUT2D eigenvalue weighted by molar-refractivity contribution is -0.136. The van der Waals surface area contributed by atoms with E-state index in [0.717, 1.165) is 26.1 Å². The van der Waals surface area contributed by atoms with Gasteiger partial charge >= 0.3 is 11.8 Å². The predicted molar refractivity (Wildman–Crippen MR) is 99.1 cm³/mol. The van der Waals surface area contributed by atoms with Crippen molar-refractivity contribution in [3.63, 3.8) is 0 Å². The van der Waals surface area contributed by atoms with Crippen LogP contribution >= 0.6 is 0 Å². The average molecular weight is 372 g/mol. The van der Waals surface area contributed by atoms with Crippen molar-refractivity contribution in [2.75, 3.05) is 38.1 Å². The number of carbonyl (C=O) groups is 2. The Labute approximate surface area is 157 Å². The Kier molecular flexibility index (Phi) is 6.56. The lowest BCUT2D eigenvalue weighted by Gasteiger charge is -2.33. The number of hydrogen-bond acceptors (Lipinski definition) is 6. The number of benzene rings is 1. The van der Waals surface area contributed by atoms with E-state index in [9.17, 15) is 9.59 Å². The van der Waals surface area contributed by atoms with Crippen molar-refractivity contribution < 1.29 is 18.8 Å². The third-order valence-corrected chi connectivity index (χ3v) is 4.33. The number of morpholine rings is 1. The summed E-state index contributed by atoms with van der Waals surface area (Å²) in [5, 5.41) is 8.64. The zero-order chi connectivity index (χ0) is 19.1. The second kappa shape index (κ2) is 9.29. The molecule has 1 atom stereocenters. The predicted octanol–water partition coefficient (Wildman–Crippen LogP) is 1.50. The molecule has 0 saturated carbocycles. The molecule has 1 aliphatic rings. The maximum Gasteiger partial charge on any atom is 0.314 e. The second-order valence-electron chi connectivity index (χ2n) is 6.46. The number of nitrogens with zero attached hydrogens (tertiary/aromatic N) is 2. The summed E-state index contributed by atoms with van der Waals surface area (Å²) in [6.45, 7) is 5.34. The molecular formula is C19H24N4O4. The van der Waals surface area contributed by atoms with Crippen molar-refractivity contribution >= 4 is 17.6 Å². The van der Waals surface area contributed by atoms with Crippen molar-refractivity contribution in [2.24, 2.45) is 0 Å². The molecule has 144 valence electrons. The summed E-state index contributed by atoms with van der Waals surface area (Å²) in [5.74, 6) is -0.642. The largest absolute Gasteiger partial charge is 0.371 e. The fourth-order valence-corrected chi connectivity index (χ4v) is 2.96. The maximum atomic E-state index is 11.8. The van der Waals surface area contributed by atoms with E-state index < -0.39 is 11.8 Å². The summed E-state index contributed by atoms with van der Waals surface area (Å²) >= 11 is 0. The van der Waals surface area contributed by atoms with E-state index in [1.54, 1.807) is 13.0 Å². The number of carbonyl (C=O) groups excluding carboxylic acids is 2. The molecule has 1 aromatic carbocycles. The number of rotatable bonds is 6. The molecule has 1 aromatic heterocycles. The van der Waals surface area contributed by atoms with E-state index in [4.69, 9.17) is 9.26 Å². The van der Waals surface area contributed by atoms with Gasteiger partial charge in [-0.3, -0.25) is 19.8 Å². The summed E-state index contributed by atoms with van der Waals surface area (Å²) in [6.07, 6.45) is 0.829. The Morgan fingerprint density at radius 3 is 2.81 bits per heavy atom. The van der Waals surface area contributed by atoms with Crippen molar-refractivity contribution in [3.05, 3.63) is 47.7 Å². The van der Waals surface area contributed by atoms with Gasteiger partial charge in [-0.2, -0.15) is 0 Å². The molecule has 8 heteroatoms. The monoisotopic (exact) mass is 372 g/mol. The molecule has 0 unspecified atom stereocenters. The Bertz CT molecular complexity index is 762. The molecule has 1 fully saturated rings. The van der Waals surface area contributed by atoms with Gasteiger partial charge in [0.05, 0.1) is 12.7 Å². The zero-order valence-corrected chi connectivity index (χ0v) is 15.3. The molecular weight excluding hydrogens is 348 g/mol. The Balaban J connectivity index is 1.35. The lowest BCUT2D eigenvalue weighted by atomic mass is 10.1. The van der Waals surface area contributed by atoms with Crippen molar-refractivity contribution in [3.8, 4) is 0 Å². The van der Waals surface area contributed by atoms with Gasteiger partial charge in [-0.25, -0.2) is 0 Å². The minimum Gasteiger partial charge on any atom is -0.371 e. The van der Waals surface area contributed by atoms with E-state index in [1.165, 1.54) is 5.56 Å². The van der Waals surface area contributed by atoms with Crippen LogP contribution in [0.4, 0.5) is 5.82 Å². The number of hydrogen-bond donors (Lipinski definition) is 2. The quantitative estimate of drug-likeness (QED) is 0.589. The van der Waals surface area contributed by atoms with Gasteiger partial charge < -0.3 is 14.6 Å². The van der Waals surface area contributed by atoms with Gasteiger partial charge in [0, 0.05) is 32.2 Å². The molecule has 2 heterocycles. The van der Waals surface area contributed by atoms with E-state index in [1.807, 2.05) is 18.2 Å². The van der Waals surface area contributed by atoms with Crippen molar-refractivity contribution in [2.45, 2.75) is 19.4 Å². The van der Waals surface area contributed by atoms with Crippen molar-refractivity contribution in [1.82, 2.24) is 15.4 Å².